The van der Waals surface area contributed by atoms with Crippen LogP contribution in [-0.2, 0) is 0 Å². The van der Waals surface area contributed by atoms with Gasteiger partial charge in [0.05, 0.1) is 16.3 Å². The normalized spacial score (nSPS) is 20.2. The molecule has 1 N–H and O–H groups in total. The Balaban J connectivity index is 1.83. The zero-order chi connectivity index (χ0) is 13.9. The van der Waals surface area contributed by atoms with Crippen molar-refractivity contribution in [2.75, 3.05) is 5.32 Å². The molecule has 1 aromatic heterocycles. The highest BCUT2D eigenvalue weighted by Crippen LogP contribution is 2.32. The van der Waals surface area contributed by atoms with Gasteiger partial charge in [-0.05, 0) is 30.7 Å². The van der Waals surface area contributed by atoms with Crippen LogP contribution in [0.4, 0.5) is 5.82 Å². The number of dihydropyridines is 1. The molecule has 0 fully saturated rings. The summed E-state index contributed by atoms with van der Waals surface area (Å²) < 4.78 is 0. The number of nitrogens with zero attached hydrogens (tertiary/aromatic N) is 3. The summed E-state index contributed by atoms with van der Waals surface area (Å²) in [6, 6.07) is 5.49. The van der Waals surface area contributed by atoms with E-state index >= 15 is 0 Å². The summed E-state index contributed by atoms with van der Waals surface area (Å²) in [5.41, 5.74) is 1.41. The van der Waals surface area contributed by atoms with Gasteiger partial charge in [-0.1, -0.05) is 23.8 Å². The van der Waals surface area contributed by atoms with Crippen molar-refractivity contribution in [1.29, 1.82) is 5.26 Å². The number of anilines is 1. The predicted molar refractivity (Wildman–Crippen MR) is 79.3 cm³/mol. The van der Waals surface area contributed by atoms with Crippen LogP contribution in [0.2, 0.25) is 0 Å². The van der Waals surface area contributed by atoms with Crippen LogP contribution in [-0.4, -0.2) is 10.8 Å². The van der Waals surface area contributed by atoms with Crippen molar-refractivity contribution in [2.24, 2.45) is 10.9 Å². The lowest BCUT2D eigenvalue weighted by atomic mass is 9.95. The van der Waals surface area contributed by atoms with Crippen LogP contribution in [0.5, 0.6) is 0 Å². The van der Waals surface area contributed by atoms with Crippen molar-refractivity contribution in [2.45, 2.75) is 6.42 Å². The van der Waals surface area contributed by atoms with E-state index in [-0.39, 0.29) is 5.92 Å². The molecule has 0 saturated heterocycles. The largest absolute Gasteiger partial charge is 0.325 e. The van der Waals surface area contributed by atoms with Gasteiger partial charge in [-0.3, -0.25) is 0 Å². The van der Waals surface area contributed by atoms with E-state index in [2.05, 4.69) is 27.4 Å². The minimum absolute atomic E-state index is 0.256. The van der Waals surface area contributed by atoms with Crippen LogP contribution in [0.1, 0.15) is 12.0 Å². The third-order valence-corrected chi connectivity index (χ3v) is 3.45. The summed E-state index contributed by atoms with van der Waals surface area (Å²) >= 11 is 6.17. The molecule has 1 unspecified atom stereocenters. The van der Waals surface area contributed by atoms with E-state index in [1.54, 1.807) is 12.1 Å². The van der Waals surface area contributed by atoms with Gasteiger partial charge in [-0.15, -0.1) is 0 Å². The highest BCUT2D eigenvalue weighted by Gasteiger charge is 2.20. The van der Waals surface area contributed by atoms with Gasteiger partial charge in [-0.2, -0.15) is 5.26 Å². The van der Waals surface area contributed by atoms with Crippen molar-refractivity contribution >= 4 is 23.3 Å². The summed E-state index contributed by atoms with van der Waals surface area (Å²) in [6.07, 6.45) is 10.4. The Hall–Kier alpha value is -2.38. The number of nitriles is 1. The van der Waals surface area contributed by atoms with E-state index in [9.17, 15) is 0 Å². The Morgan fingerprint density at radius 2 is 2.25 bits per heavy atom. The topological polar surface area (TPSA) is 61.1 Å². The smallest absolute Gasteiger partial charge is 0.131 e. The number of allylic oxidation sites excluding steroid dienone is 4. The minimum atomic E-state index is 0.256. The van der Waals surface area contributed by atoms with Crippen LogP contribution in [0.25, 0.3) is 0 Å². The van der Waals surface area contributed by atoms with Gasteiger partial charge in [0.2, 0.25) is 0 Å². The number of aliphatic imine (C=N–C) groups is 1. The van der Waals surface area contributed by atoms with E-state index < -0.39 is 0 Å². The van der Waals surface area contributed by atoms with Crippen LogP contribution in [0.3, 0.4) is 0 Å². The summed E-state index contributed by atoms with van der Waals surface area (Å²) in [5, 5.41) is 12.5. The molecule has 2 heterocycles. The van der Waals surface area contributed by atoms with Crippen molar-refractivity contribution in [3.05, 3.63) is 58.9 Å². The van der Waals surface area contributed by atoms with Gasteiger partial charge in [0, 0.05) is 12.1 Å². The van der Waals surface area contributed by atoms with Gasteiger partial charge in [0.15, 0.2) is 0 Å². The van der Waals surface area contributed by atoms with Crippen molar-refractivity contribution in [3.8, 4) is 6.07 Å². The molecular weight excluding hydrogens is 272 g/mol. The molecule has 20 heavy (non-hydrogen) atoms. The van der Waals surface area contributed by atoms with Crippen LogP contribution >= 0.6 is 11.6 Å². The molecule has 0 bridgehead atoms. The summed E-state index contributed by atoms with van der Waals surface area (Å²) in [7, 11) is 0. The molecule has 4 nitrogen and oxygen atoms in total. The average molecular weight is 283 g/mol. The first kappa shape index (κ1) is 12.6. The number of aromatic nitrogens is 1. The summed E-state index contributed by atoms with van der Waals surface area (Å²) in [6.45, 7) is 0. The van der Waals surface area contributed by atoms with Gasteiger partial charge in [0.25, 0.3) is 0 Å². The summed E-state index contributed by atoms with van der Waals surface area (Å²) in [5.74, 6) is 1.60. The number of hydrogen-bond acceptors (Lipinski definition) is 4. The number of pyridine rings is 1. The maximum atomic E-state index is 8.74. The fourth-order valence-electron chi connectivity index (χ4n) is 2.11. The second kappa shape index (κ2) is 5.32. The minimum Gasteiger partial charge on any atom is -0.325 e. The van der Waals surface area contributed by atoms with Gasteiger partial charge >= 0.3 is 0 Å². The van der Waals surface area contributed by atoms with Gasteiger partial charge in [-0.25, -0.2) is 9.98 Å². The first-order valence-corrected chi connectivity index (χ1v) is 6.60. The van der Waals surface area contributed by atoms with Gasteiger partial charge in [0.1, 0.15) is 17.7 Å². The van der Waals surface area contributed by atoms with E-state index in [4.69, 9.17) is 16.9 Å². The zero-order valence-corrected chi connectivity index (χ0v) is 11.3. The molecule has 5 heteroatoms. The van der Waals surface area contributed by atoms with Crippen molar-refractivity contribution in [3.63, 3.8) is 0 Å². The molecule has 0 radical (unpaired) electrons. The third kappa shape index (κ3) is 2.49. The quantitative estimate of drug-likeness (QED) is 0.859. The highest BCUT2D eigenvalue weighted by atomic mass is 35.5. The Morgan fingerprint density at radius 1 is 1.35 bits per heavy atom. The maximum Gasteiger partial charge on any atom is 0.131 e. The average Bonchev–Trinajstić information content (AvgIpc) is 2.49. The molecule has 1 aliphatic heterocycles. The van der Waals surface area contributed by atoms with E-state index in [1.165, 1.54) is 6.20 Å². The second-order valence-electron chi connectivity index (χ2n) is 4.50. The number of hydrogen-bond donors (Lipinski definition) is 1. The molecule has 0 saturated carbocycles. The van der Waals surface area contributed by atoms with Crippen LogP contribution in [0, 0.1) is 17.2 Å². The lowest BCUT2D eigenvalue weighted by molar-refractivity contribution is 0.745. The van der Waals surface area contributed by atoms with E-state index in [0.717, 1.165) is 12.1 Å². The standard InChI is InChI=1S/C15H11ClN4/c16-12-3-1-2-11-5-7-14(20-15(11)12)19-13-6-4-10(8-17)9-18-13/h1,3-7,9,11H,2H2,(H,18,19,20). The number of amidine groups is 1. The molecule has 0 spiro atoms. The Labute approximate surface area is 121 Å². The number of halogens is 1. The van der Waals surface area contributed by atoms with E-state index in [0.29, 0.717) is 22.2 Å². The molecule has 1 aliphatic carbocycles. The second-order valence-corrected chi connectivity index (χ2v) is 4.91. The third-order valence-electron chi connectivity index (χ3n) is 3.13. The molecule has 1 aromatic rings. The van der Waals surface area contributed by atoms with E-state index in [1.807, 2.05) is 18.2 Å². The number of fused-ring (bicyclic) bond motifs is 1. The molecule has 98 valence electrons. The predicted octanol–water partition coefficient (Wildman–Crippen LogP) is 3.36. The summed E-state index contributed by atoms with van der Waals surface area (Å²) in [4.78, 5) is 8.69. The first-order valence-electron chi connectivity index (χ1n) is 6.22. The van der Waals surface area contributed by atoms with Crippen LogP contribution in [0.15, 0.2) is 58.4 Å². The maximum absolute atomic E-state index is 8.74. The molecule has 1 atom stereocenters. The SMILES string of the molecule is N#Cc1ccc(NC2=NC3=C(Cl)C=CCC3C=C2)nc1. The Kier molecular flexibility index (Phi) is 3.36. The lowest BCUT2D eigenvalue weighted by Gasteiger charge is -2.21. The molecule has 0 aromatic carbocycles. The van der Waals surface area contributed by atoms with Crippen molar-refractivity contribution < 1.29 is 0 Å². The molecule has 3 rings (SSSR count). The highest BCUT2D eigenvalue weighted by molar-refractivity contribution is 6.31. The van der Waals surface area contributed by atoms with Crippen LogP contribution < -0.4 is 5.32 Å². The van der Waals surface area contributed by atoms with Gasteiger partial charge < -0.3 is 5.32 Å². The molecule has 2 aliphatic rings. The lowest BCUT2D eigenvalue weighted by Crippen LogP contribution is -2.17. The number of rotatable bonds is 1. The first-order chi connectivity index (χ1) is 9.76. The van der Waals surface area contributed by atoms with Crippen molar-refractivity contribution in [1.82, 2.24) is 4.98 Å². The Morgan fingerprint density at radius 3 is 3.00 bits per heavy atom. The molecular formula is C15H11ClN4. The zero-order valence-electron chi connectivity index (χ0n) is 10.5. The number of nitrogens with one attached hydrogen (secondary N) is 1. The monoisotopic (exact) mass is 282 g/mol. The fourth-order valence-corrected chi connectivity index (χ4v) is 2.38. The molecule has 0 amide bonds. The Bertz CT molecular complexity index is 690. The fraction of sp³-hybridized carbons (Fsp3) is 0.133.